The zero-order valence-electron chi connectivity index (χ0n) is 22.8. The second-order valence-electron chi connectivity index (χ2n) is 11.4. The summed E-state index contributed by atoms with van der Waals surface area (Å²) in [6, 6.07) is 53.4. The van der Waals surface area contributed by atoms with E-state index in [0.717, 1.165) is 0 Å². The Morgan fingerprint density at radius 2 is 1.05 bits per heavy atom. The van der Waals surface area contributed by atoms with E-state index in [1.54, 1.807) is 0 Å². The fourth-order valence-corrected chi connectivity index (χ4v) is 7.45. The lowest BCUT2D eigenvalue weighted by atomic mass is 10.00. The Hall–Kier alpha value is -5.60. The van der Waals surface area contributed by atoms with Crippen LogP contribution in [0.15, 0.2) is 146 Å². The third kappa shape index (κ3) is 2.78. The van der Waals surface area contributed by atoms with Crippen molar-refractivity contribution in [3.8, 4) is 16.8 Å². The molecule has 2 heteroatoms. The van der Waals surface area contributed by atoms with Crippen molar-refractivity contribution < 1.29 is 0 Å². The number of hydrogen-bond donors (Lipinski definition) is 0. The molecule has 0 N–H and O–H groups in total. The van der Waals surface area contributed by atoms with Gasteiger partial charge in [-0.2, -0.15) is 0 Å². The Kier molecular flexibility index (Phi) is 4.21. The molecule has 0 amide bonds. The molecule has 0 saturated heterocycles. The molecule has 42 heavy (non-hydrogen) atoms. The number of rotatable bonds is 2. The first-order valence-corrected chi connectivity index (χ1v) is 14.5. The SMILES string of the molecule is c1ccc(-c2cccc(-n3c4ccccc4c4cc5c(ccc6c5c5cccc7c8ccccc8n6c75)cc43)c2)cc1. The van der Waals surface area contributed by atoms with Crippen LogP contribution >= 0.6 is 0 Å². The molecule has 194 valence electrons. The summed E-state index contributed by atoms with van der Waals surface area (Å²) in [7, 11) is 0. The van der Waals surface area contributed by atoms with Gasteiger partial charge in [-0.3, -0.25) is 0 Å². The molecule has 0 bridgehead atoms. The molecule has 10 aromatic rings. The van der Waals surface area contributed by atoms with Gasteiger partial charge in [-0.15, -0.1) is 0 Å². The van der Waals surface area contributed by atoms with Crippen molar-refractivity contribution in [2.24, 2.45) is 0 Å². The summed E-state index contributed by atoms with van der Waals surface area (Å²) in [5.41, 5.74) is 9.95. The van der Waals surface area contributed by atoms with E-state index >= 15 is 0 Å². The van der Waals surface area contributed by atoms with Crippen molar-refractivity contribution in [1.82, 2.24) is 8.97 Å². The van der Waals surface area contributed by atoms with Crippen LogP contribution in [-0.2, 0) is 0 Å². The molecular formula is C40H24N2. The summed E-state index contributed by atoms with van der Waals surface area (Å²) in [5, 5.41) is 10.4. The highest BCUT2D eigenvalue weighted by molar-refractivity contribution is 6.30. The number of para-hydroxylation sites is 3. The fourth-order valence-electron chi connectivity index (χ4n) is 7.45. The minimum Gasteiger partial charge on any atom is -0.309 e. The first kappa shape index (κ1) is 22.1. The van der Waals surface area contributed by atoms with E-state index in [4.69, 9.17) is 0 Å². The maximum absolute atomic E-state index is 2.47. The van der Waals surface area contributed by atoms with Gasteiger partial charge in [0.1, 0.15) is 0 Å². The Morgan fingerprint density at radius 1 is 0.357 bits per heavy atom. The van der Waals surface area contributed by atoms with Crippen LogP contribution in [0.2, 0.25) is 0 Å². The van der Waals surface area contributed by atoms with Gasteiger partial charge in [-0.1, -0.05) is 103 Å². The lowest BCUT2D eigenvalue weighted by molar-refractivity contribution is 1.18. The normalized spacial score (nSPS) is 12.3. The molecule has 0 unspecified atom stereocenters. The molecule has 0 spiro atoms. The Bertz CT molecular complexity index is 2670. The number of benzene rings is 7. The van der Waals surface area contributed by atoms with E-state index in [1.807, 2.05) is 0 Å². The molecular weight excluding hydrogens is 508 g/mol. The third-order valence-electron chi connectivity index (χ3n) is 9.21. The van der Waals surface area contributed by atoms with Crippen molar-refractivity contribution in [3.05, 3.63) is 146 Å². The smallest absolute Gasteiger partial charge is 0.0620 e. The number of aromatic nitrogens is 2. The topological polar surface area (TPSA) is 9.34 Å². The fraction of sp³-hybridized carbons (Fsp3) is 0. The van der Waals surface area contributed by atoms with Gasteiger partial charge in [0.2, 0.25) is 0 Å². The number of hydrogen-bond acceptors (Lipinski definition) is 0. The van der Waals surface area contributed by atoms with E-state index in [-0.39, 0.29) is 0 Å². The predicted octanol–water partition coefficient (Wildman–Crippen LogP) is 10.8. The largest absolute Gasteiger partial charge is 0.309 e. The number of fused-ring (bicyclic) bond motifs is 11. The van der Waals surface area contributed by atoms with Gasteiger partial charge in [-0.25, -0.2) is 0 Å². The quantitative estimate of drug-likeness (QED) is 0.209. The monoisotopic (exact) mass is 532 g/mol. The highest BCUT2D eigenvalue weighted by Crippen LogP contribution is 2.43. The maximum Gasteiger partial charge on any atom is 0.0620 e. The van der Waals surface area contributed by atoms with E-state index < -0.39 is 0 Å². The summed E-state index contributed by atoms with van der Waals surface area (Å²) in [6.07, 6.45) is 0. The van der Waals surface area contributed by atoms with Gasteiger partial charge < -0.3 is 8.97 Å². The van der Waals surface area contributed by atoms with Crippen LogP contribution in [0.25, 0.3) is 87.5 Å². The first-order chi connectivity index (χ1) is 20.8. The molecule has 3 heterocycles. The van der Waals surface area contributed by atoms with Crippen LogP contribution in [0.3, 0.4) is 0 Å². The minimum atomic E-state index is 1.18. The van der Waals surface area contributed by atoms with Crippen molar-refractivity contribution >= 4 is 70.7 Å². The molecule has 2 nitrogen and oxygen atoms in total. The highest BCUT2D eigenvalue weighted by atomic mass is 15.0. The van der Waals surface area contributed by atoms with Crippen LogP contribution < -0.4 is 0 Å². The minimum absolute atomic E-state index is 1.18. The highest BCUT2D eigenvalue weighted by Gasteiger charge is 2.20. The molecule has 0 fully saturated rings. The second kappa shape index (κ2) is 7.99. The molecule has 3 aromatic heterocycles. The van der Waals surface area contributed by atoms with E-state index in [0.29, 0.717) is 0 Å². The molecule has 0 aliphatic heterocycles. The molecule has 10 rings (SSSR count). The molecule has 0 atom stereocenters. The van der Waals surface area contributed by atoms with E-state index in [2.05, 4.69) is 155 Å². The van der Waals surface area contributed by atoms with Crippen LogP contribution in [0, 0.1) is 0 Å². The van der Waals surface area contributed by atoms with Gasteiger partial charge in [0.05, 0.1) is 27.6 Å². The Morgan fingerprint density at radius 3 is 1.93 bits per heavy atom. The van der Waals surface area contributed by atoms with Crippen molar-refractivity contribution in [1.29, 1.82) is 0 Å². The Labute approximate surface area is 241 Å². The molecule has 7 aromatic carbocycles. The summed E-state index contributed by atoms with van der Waals surface area (Å²) in [6.45, 7) is 0. The zero-order valence-corrected chi connectivity index (χ0v) is 22.8. The summed E-state index contributed by atoms with van der Waals surface area (Å²) in [5.74, 6) is 0. The molecule has 0 aliphatic carbocycles. The lowest BCUT2D eigenvalue weighted by Crippen LogP contribution is -1.94. The van der Waals surface area contributed by atoms with Gasteiger partial charge >= 0.3 is 0 Å². The standard InChI is InChI=1S/C40H24N2/c1-2-10-25(11-3-1)26-12-8-13-28(22-26)41-35-18-6-5-15-30(35)34-24-33-27(23-38(34)41)20-21-37-39(33)32-17-9-16-31-29-14-4-7-19-36(29)42(37)40(31)32/h1-24H. The maximum atomic E-state index is 2.47. The third-order valence-corrected chi connectivity index (χ3v) is 9.21. The molecule has 0 aliphatic rings. The van der Waals surface area contributed by atoms with Crippen molar-refractivity contribution in [3.63, 3.8) is 0 Å². The average Bonchev–Trinajstić information content (AvgIpc) is 3.69. The number of nitrogens with zero attached hydrogens (tertiary/aromatic N) is 2. The van der Waals surface area contributed by atoms with Crippen molar-refractivity contribution in [2.75, 3.05) is 0 Å². The average molecular weight is 533 g/mol. The van der Waals surface area contributed by atoms with Crippen LogP contribution in [0.5, 0.6) is 0 Å². The summed E-state index contributed by atoms with van der Waals surface area (Å²) < 4.78 is 4.90. The van der Waals surface area contributed by atoms with Crippen LogP contribution in [0.4, 0.5) is 0 Å². The second-order valence-corrected chi connectivity index (χ2v) is 11.4. The van der Waals surface area contributed by atoms with Crippen molar-refractivity contribution in [2.45, 2.75) is 0 Å². The van der Waals surface area contributed by atoms with Gasteiger partial charge in [-0.05, 0) is 64.4 Å². The van der Waals surface area contributed by atoms with Crippen LogP contribution in [0.1, 0.15) is 0 Å². The van der Waals surface area contributed by atoms with Crippen LogP contribution in [-0.4, -0.2) is 8.97 Å². The zero-order chi connectivity index (χ0) is 27.4. The van der Waals surface area contributed by atoms with E-state index in [9.17, 15) is 0 Å². The lowest BCUT2D eigenvalue weighted by Gasteiger charge is -2.11. The van der Waals surface area contributed by atoms with Gasteiger partial charge in [0.15, 0.2) is 0 Å². The molecule has 0 saturated carbocycles. The Balaban J connectivity index is 1.33. The van der Waals surface area contributed by atoms with E-state index in [1.165, 1.54) is 87.5 Å². The summed E-state index contributed by atoms with van der Waals surface area (Å²) >= 11 is 0. The summed E-state index contributed by atoms with van der Waals surface area (Å²) in [4.78, 5) is 0. The molecule has 0 radical (unpaired) electrons. The predicted molar refractivity (Wildman–Crippen MR) is 178 cm³/mol. The van der Waals surface area contributed by atoms with Gasteiger partial charge in [0, 0.05) is 38.0 Å². The van der Waals surface area contributed by atoms with Gasteiger partial charge in [0.25, 0.3) is 0 Å². The first-order valence-electron chi connectivity index (χ1n) is 14.5.